The van der Waals surface area contributed by atoms with E-state index in [1.54, 1.807) is 0 Å². The Hall–Kier alpha value is -0.560. The first-order valence-corrected chi connectivity index (χ1v) is 5.23. The van der Waals surface area contributed by atoms with Gasteiger partial charge >= 0.3 is 0 Å². The molecule has 0 saturated heterocycles. The molecule has 0 aliphatic rings. The van der Waals surface area contributed by atoms with Gasteiger partial charge in [0, 0.05) is 5.33 Å². The van der Waals surface area contributed by atoms with E-state index in [1.807, 2.05) is 6.07 Å². The summed E-state index contributed by atoms with van der Waals surface area (Å²) in [7, 11) is 0. The molecule has 0 unspecified atom stereocenters. The molecule has 0 fully saturated rings. The summed E-state index contributed by atoms with van der Waals surface area (Å²) in [5.41, 5.74) is 2.81. The van der Waals surface area contributed by atoms with E-state index in [4.69, 9.17) is 0 Å². The first kappa shape index (κ1) is 9.53. The van der Waals surface area contributed by atoms with Gasteiger partial charge in [0.25, 0.3) is 0 Å². The summed E-state index contributed by atoms with van der Waals surface area (Å²) in [6, 6.07) is 10.5. The standard InChI is InChI=1S/C11H13Br/c1-2-10(9-12)8-11-6-4-3-5-7-11/h2-7H,8-9H2,1H3. The minimum atomic E-state index is 0.971. The smallest absolute Gasteiger partial charge is 0.0245 e. The highest BCUT2D eigenvalue weighted by Crippen LogP contribution is 2.09. The van der Waals surface area contributed by atoms with E-state index in [2.05, 4.69) is 53.2 Å². The first-order valence-electron chi connectivity index (χ1n) is 4.10. The molecular formula is C11H13Br. The number of hydrogen-bond acceptors (Lipinski definition) is 0. The van der Waals surface area contributed by atoms with Crippen molar-refractivity contribution >= 4 is 15.9 Å². The van der Waals surface area contributed by atoms with Gasteiger partial charge in [0.1, 0.15) is 0 Å². The third kappa shape index (κ3) is 2.82. The molecule has 0 spiro atoms. The molecule has 1 aromatic carbocycles. The monoisotopic (exact) mass is 224 g/mol. The van der Waals surface area contributed by atoms with Gasteiger partial charge in [-0.3, -0.25) is 0 Å². The Morgan fingerprint density at radius 1 is 1.33 bits per heavy atom. The molecule has 12 heavy (non-hydrogen) atoms. The van der Waals surface area contributed by atoms with E-state index in [1.165, 1.54) is 11.1 Å². The van der Waals surface area contributed by atoms with Gasteiger partial charge in [0.15, 0.2) is 0 Å². The molecule has 0 atom stereocenters. The van der Waals surface area contributed by atoms with Crippen molar-refractivity contribution in [2.75, 3.05) is 5.33 Å². The van der Waals surface area contributed by atoms with Crippen molar-refractivity contribution in [3.63, 3.8) is 0 Å². The Balaban J connectivity index is 2.64. The van der Waals surface area contributed by atoms with Gasteiger partial charge in [0.05, 0.1) is 0 Å². The van der Waals surface area contributed by atoms with Crippen molar-refractivity contribution in [1.29, 1.82) is 0 Å². The van der Waals surface area contributed by atoms with E-state index in [0.717, 1.165) is 11.8 Å². The van der Waals surface area contributed by atoms with Crippen LogP contribution in [-0.2, 0) is 6.42 Å². The number of halogens is 1. The van der Waals surface area contributed by atoms with E-state index in [0.29, 0.717) is 0 Å². The van der Waals surface area contributed by atoms with Gasteiger partial charge in [-0.05, 0) is 18.9 Å². The van der Waals surface area contributed by atoms with Gasteiger partial charge in [-0.2, -0.15) is 0 Å². The van der Waals surface area contributed by atoms with E-state index in [-0.39, 0.29) is 0 Å². The van der Waals surface area contributed by atoms with Crippen LogP contribution in [0.1, 0.15) is 12.5 Å². The van der Waals surface area contributed by atoms with Gasteiger partial charge in [0.2, 0.25) is 0 Å². The third-order valence-corrected chi connectivity index (χ3v) is 2.57. The molecule has 0 bridgehead atoms. The van der Waals surface area contributed by atoms with E-state index in [9.17, 15) is 0 Å². The topological polar surface area (TPSA) is 0 Å². The van der Waals surface area contributed by atoms with E-state index < -0.39 is 0 Å². The van der Waals surface area contributed by atoms with Crippen molar-refractivity contribution in [2.45, 2.75) is 13.3 Å². The summed E-state index contributed by atoms with van der Waals surface area (Å²) in [5.74, 6) is 0. The van der Waals surface area contributed by atoms with Crippen LogP contribution in [0.15, 0.2) is 42.0 Å². The lowest BCUT2D eigenvalue weighted by Gasteiger charge is -2.02. The van der Waals surface area contributed by atoms with Crippen molar-refractivity contribution < 1.29 is 0 Å². The third-order valence-electron chi connectivity index (χ3n) is 1.85. The van der Waals surface area contributed by atoms with Gasteiger partial charge in [-0.15, -0.1) is 0 Å². The fourth-order valence-electron chi connectivity index (χ4n) is 1.08. The van der Waals surface area contributed by atoms with Gasteiger partial charge in [-0.25, -0.2) is 0 Å². The Labute approximate surface area is 82.4 Å². The number of allylic oxidation sites excluding steroid dienone is 2. The Bertz CT molecular complexity index is 249. The van der Waals surface area contributed by atoms with Crippen molar-refractivity contribution in [1.82, 2.24) is 0 Å². The summed E-state index contributed by atoms with van der Waals surface area (Å²) >= 11 is 3.47. The normalized spacial score (nSPS) is 11.7. The number of hydrogen-bond donors (Lipinski definition) is 0. The minimum absolute atomic E-state index is 0.971. The summed E-state index contributed by atoms with van der Waals surface area (Å²) < 4.78 is 0. The van der Waals surface area contributed by atoms with E-state index >= 15 is 0 Å². The lowest BCUT2D eigenvalue weighted by atomic mass is 10.1. The molecule has 0 aromatic heterocycles. The number of rotatable bonds is 3. The van der Waals surface area contributed by atoms with Crippen molar-refractivity contribution in [3.05, 3.63) is 47.5 Å². The maximum atomic E-state index is 3.47. The summed E-state index contributed by atoms with van der Waals surface area (Å²) in [6.07, 6.45) is 3.23. The van der Waals surface area contributed by atoms with Crippen molar-refractivity contribution in [3.8, 4) is 0 Å². The second-order valence-electron chi connectivity index (χ2n) is 2.74. The summed E-state index contributed by atoms with van der Waals surface area (Å²) in [5, 5.41) is 0.971. The molecule has 0 aliphatic carbocycles. The zero-order valence-electron chi connectivity index (χ0n) is 7.26. The zero-order chi connectivity index (χ0) is 8.81. The molecule has 0 aliphatic heterocycles. The van der Waals surface area contributed by atoms with Crippen LogP contribution in [0.3, 0.4) is 0 Å². The molecule has 0 N–H and O–H groups in total. The maximum Gasteiger partial charge on any atom is 0.0245 e. The fourth-order valence-corrected chi connectivity index (χ4v) is 1.61. The van der Waals surface area contributed by atoms with Crippen LogP contribution in [0, 0.1) is 0 Å². The maximum absolute atomic E-state index is 3.47. The van der Waals surface area contributed by atoms with Crippen LogP contribution >= 0.6 is 15.9 Å². The molecule has 1 aromatic rings. The number of benzene rings is 1. The average molecular weight is 225 g/mol. The highest BCUT2D eigenvalue weighted by molar-refractivity contribution is 9.09. The lowest BCUT2D eigenvalue weighted by Crippen LogP contribution is -1.90. The molecule has 1 rings (SSSR count). The largest absolute Gasteiger partial charge is 0.0880 e. The molecular weight excluding hydrogens is 212 g/mol. The predicted octanol–water partition coefficient (Wildman–Crippen LogP) is 3.57. The molecule has 0 radical (unpaired) electrons. The second kappa shape index (κ2) is 5.15. The van der Waals surface area contributed by atoms with Crippen LogP contribution in [0.4, 0.5) is 0 Å². The summed E-state index contributed by atoms with van der Waals surface area (Å²) in [4.78, 5) is 0. The highest BCUT2D eigenvalue weighted by atomic mass is 79.9. The summed E-state index contributed by atoms with van der Waals surface area (Å²) in [6.45, 7) is 2.08. The van der Waals surface area contributed by atoms with Crippen LogP contribution in [0.5, 0.6) is 0 Å². The van der Waals surface area contributed by atoms with Gasteiger partial charge < -0.3 is 0 Å². The number of alkyl halides is 1. The minimum Gasteiger partial charge on any atom is -0.0880 e. The quantitative estimate of drug-likeness (QED) is 0.545. The highest BCUT2D eigenvalue weighted by Gasteiger charge is 1.95. The molecule has 0 nitrogen and oxygen atoms in total. The molecule has 0 heterocycles. The fraction of sp³-hybridized carbons (Fsp3) is 0.273. The van der Waals surface area contributed by atoms with Crippen molar-refractivity contribution in [2.24, 2.45) is 0 Å². The van der Waals surface area contributed by atoms with Gasteiger partial charge in [-0.1, -0.05) is 57.9 Å². The molecule has 64 valence electrons. The molecule has 0 amide bonds. The Kier molecular flexibility index (Phi) is 4.09. The second-order valence-corrected chi connectivity index (χ2v) is 3.30. The van der Waals surface area contributed by atoms with Crippen LogP contribution in [0.2, 0.25) is 0 Å². The Morgan fingerprint density at radius 2 is 2.00 bits per heavy atom. The molecule has 0 saturated carbocycles. The van der Waals surface area contributed by atoms with Crippen LogP contribution in [0.25, 0.3) is 0 Å². The first-order chi connectivity index (χ1) is 5.86. The predicted molar refractivity (Wildman–Crippen MR) is 57.7 cm³/mol. The van der Waals surface area contributed by atoms with Crippen LogP contribution < -0.4 is 0 Å². The zero-order valence-corrected chi connectivity index (χ0v) is 8.84. The molecule has 1 heteroatoms. The lowest BCUT2D eigenvalue weighted by molar-refractivity contribution is 1.15. The SMILES string of the molecule is CC=C(CBr)Cc1ccccc1. The Morgan fingerprint density at radius 3 is 2.50 bits per heavy atom. The average Bonchev–Trinajstić information content (AvgIpc) is 2.16. The van der Waals surface area contributed by atoms with Crippen LogP contribution in [-0.4, -0.2) is 5.33 Å².